The average molecular weight is 312 g/mol. The molecular formula is C13H29O2PS2. The Hall–Kier alpha value is 0.920. The largest absolute Gasteiger partial charge is 0.316 e. The molecule has 0 bridgehead atoms. The fraction of sp³-hybridized carbons (Fsp3) is 1.00. The first-order chi connectivity index (χ1) is 7.87. The van der Waals surface area contributed by atoms with E-state index in [1.54, 1.807) is 11.4 Å². The zero-order valence-electron chi connectivity index (χ0n) is 13.1. The molecule has 18 heavy (non-hydrogen) atoms. The molecule has 1 unspecified atom stereocenters. The number of hydrogen-bond acceptors (Lipinski definition) is 4. The van der Waals surface area contributed by atoms with Crippen molar-refractivity contribution in [2.45, 2.75) is 84.7 Å². The standard InChI is InChI=1S/C13H29O2PS2/c1-9-10-11(2)18-16(17,14-12(3,4)5)15-13(6,7)8/h11H,9-10H2,1-8H3. The number of hydrogen-bond donors (Lipinski definition) is 0. The smallest absolute Gasteiger partial charge is 0.248 e. The van der Waals surface area contributed by atoms with Crippen LogP contribution >= 0.6 is 17.1 Å². The summed E-state index contributed by atoms with van der Waals surface area (Å²) in [6, 6.07) is 0. The molecule has 0 aromatic rings. The van der Waals surface area contributed by atoms with Gasteiger partial charge in [-0.3, -0.25) is 0 Å². The third-order valence-electron chi connectivity index (χ3n) is 1.78. The molecule has 0 radical (unpaired) electrons. The van der Waals surface area contributed by atoms with Gasteiger partial charge in [0.25, 0.3) is 0 Å². The molecule has 0 rings (SSSR count). The van der Waals surface area contributed by atoms with E-state index >= 15 is 0 Å². The topological polar surface area (TPSA) is 18.5 Å². The fourth-order valence-corrected chi connectivity index (χ4v) is 9.56. The van der Waals surface area contributed by atoms with Crippen LogP contribution in [0, 0.1) is 0 Å². The van der Waals surface area contributed by atoms with Crippen LogP contribution in [0.1, 0.15) is 68.2 Å². The van der Waals surface area contributed by atoms with Crippen molar-refractivity contribution in [3.05, 3.63) is 0 Å². The van der Waals surface area contributed by atoms with Crippen LogP contribution < -0.4 is 0 Å². The minimum atomic E-state index is -2.30. The second-order valence-electron chi connectivity index (χ2n) is 6.56. The minimum absolute atomic E-state index is 0.264. The van der Waals surface area contributed by atoms with E-state index in [9.17, 15) is 0 Å². The fourth-order valence-electron chi connectivity index (χ4n) is 1.41. The summed E-state index contributed by atoms with van der Waals surface area (Å²) in [5, 5.41) is 0.477. The van der Waals surface area contributed by atoms with Crippen LogP contribution in [-0.2, 0) is 20.9 Å². The van der Waals surface area contributed by atoms with E-state index in [2.05, 4.69) is 13.8 Å². The van der Waals surface area contributed by atoms with Crippen molar-refractivity contribution in [1.82, 2.24) is 0 Å². The van der Waals surface area contributed by atoms with Gasteiger partial charge in [0.1, 0.15) is 0 Å². The van der Waals surface area contributed by atoms with Crippen LogP contribution in [-0.4, -0.2) is 16.5 Å². The molecule has 110 valence electrons. The van der Waals surface area contributed by atoms with Crippen molar-refractivity contribution in [3.8, 4) is 0 Å². The van der Waals surface area contributed by atoms with Crippen LogP contribution in [0.5, 0.6) is 0 Å². The summed E-state index contributed by atoms with van der Waals surface area (Å²) in [4.78, 5) is 0. The van der Waals surface area contributed by atoms with Gasteiger partial charge in [0, 0.05) is 5.25 Å². The van der Waals surface area contributed by atoms with Gasteiger partial charge < -0.3 is 9.05 Å². The molecule has 0 saturated heterocycles. The first-order valence-corrected chi connectivity index (χ1v) is 10.7. The van der Waals surface area contributed by atoms with E-state index in [1.807, 2.05) is 41.5 Å². The minimum Gasteiger partial charge on any atom is -0.316 e. The van der Waals surface area contributed by atoms with Gasteiger partial charge in [0.2, 0.25) is 5.69 Å². The predicted molar refractivity (Wildman–Crippen MR) is 87.9 cm³/mol. The Bertz CT molecular complexity index is 272. The zero-order valence-corrected chi connectivity index (χ0v) is 15.6. The van der Waals surface area contributed by atoms with Gasteiger partial charge in [-0.25, -0.2) is 0 Å². The van der Waals surface area contributed by atoms with E-state index in [0.717, 1.165) is 12.8 Å². The molecule has 5 heteroatoms. The third-order valence-corrected chi connectivity index (χ3v) is 7.70. The van der Waals surface area contributed by atoms with Crippen molar-refractivity contribution in [2.24, 2.45) is 0 Å². The second-order valence-corrected chi connectivity index (χ2v) is 13.0. The average Bonchev–Trinajstić information content (AvgIpc) is 1.93. The van der Waals surface area contributed by atoms with Gasteiger partial charge in [-0.05, 0) is 59.8 Å². The van der Waals surface area contributed by atoms with Gasteiger partial charge in [0.15, 0.2) is 0 Å². The van der Waals surface area contributed by atoms with Crippen LogP contribution in [0.4, 0.5) is 0 Å². The Morgan fingerprint density at radius 1 is 1.06 bits per heavy atom. The van der Waals surface area contributed by atoms with Crippen LogP contribution in [0.3, 0.4) is 0 Å². The lowest BCUT2D eigenvalue weighted by Crippen LogP contribution is -2.23. The summed E-state index contributed by atoms with van der Waals surface area (Å²) < 4.78 is 12.2. The Morgan fingerprint density at radius 3 is 1.72 bits per heavy atom. The SMILES string of the molecule is CCCC(C)SP(=S)(OC(C)(C)C)OC(C)(C)C. The summed E-state index contributed by atoms with van der Waals surface area (Å²) in [5.74, 6) is 0. The molecule has 0 spiro atoms. The molecule has 2 nitrogen and oxygen atoms in total. The van der Waals surface area contributed by atoms with E-state index in [4.69, 9.17) is 20.9 Å². The molecular weight excluding hydrogens is 283 g/mol. The summed E-state index contributed by atoms with van der Waals surface area (Å²) in [7, 11) is 0. The maximum Gasteiger partial charge on any atom is 0.248 e. The van der Waals surface area contributed by atoms with Crippen LogP contribution in [0.2, 0.25) is 0 Å². The maximum atomic E-state index is 6.08. The molecule has 0 aliphatic heterocycles. The summed E-state index contributed by atoms with van der Waals surface area (Å²) in [5.41, 5.74) is -2.83. The highest BCUT2D eigenvalue weighted by Crippen LogP contribution is 2.66. The second kappa shape index (κ2) is 7.08. The maximum absolute atomic E-state index is 6.08. The molecule has 1 atom stereocenters. The van der Waals surface area contributed by atoms with E-state index in [1.165, 1.54) is 0 Å². The van der Waals surface area contributed by atoms with Crippen molar-refractivity contribution < 1.29 is 9.05 Å². The lowest BCUT2D eigenvalue weighted by Gasteiger charge is -2.35. The monoisotopic (exact) mass is 312 g/mol. The third kappa shape index (κ3) is 9.80. The van der Waals surface area contributed by atoms with Gasteiger partial charge in [-0.1, -0.05) is 31.7 Å². The molecule has 0 saturated carbocycles. The van der Waals surface area contributed by atoms with Crippen molar-refractivity contribution in [3.63, 3.8) is 0 Å². The van der Waals surface area contributed by atoms with Crippen molar-refractivity contribution in [2.75, 3.05) is 0 Å². The quantitative estimate of drug-likeness (QED) is 0.580. The Balaban J connectivity index is 4.87. The van der Waals surface area contributed by atoms with Crippen molar-refractivity contribution in [1.29, 1.82) is 0 Å². The van der Waals surface area contributed by atoms with E-state index < -0.39 is 5.69 Å². The van der Waals surface area contributed by atoms with Gasteiger partial charge in [-0.2, -0.15) is 0 Å². The van der Waals surface area contributed by atoms with Crippen LogP contribution in [0.25, 0.3) is 0 Å². The van der Waals surface area contributed by atoms with Crippen molar-refractivity contribution >= 4 is 28.9 Å². The molecule has 0 fully saturated rings. The van der Waals surface area contributed by atoms with Gasteiger partial charge in [0.05, 0.1) is 11.2 Å². The summed E-state index contributed by atoms with van der Waals surface area (Å²) >= 11 is 7.42. The summed E-state index contributed by atoms with van der Waals surface area (Å²) in [6.07, 6.45) is 2.30. The normalized spacial score (nSPS) is 15.8. The lowest BCUT2D eigenvalue weighted by atomic mass is 10.2. The van der Waals surface area contributed by atoms with Crippen LogP contribution in [0.15, 0.2) is 0 Å². The van der Waals surface area contributed by atoms with Gasteiger partial charge >= 0.3 is 0 Å². The summed E-state index contributed by atoms with van der Waals surface area (Å²) in [6.45, 7) is 16.6. The van der Waals surface area contributed by atoms with E-state index in [-0.39, 0.29) is 11.2 Å². The Morgan fingerprint density at radius 2 is 1.44 bits per heavy atom. The molecule has 0 aromatic heterocycles. The molecule has 0 N–H and O–H groups in total. The zero-order chi connectivity index (χ0) is 14.6. The molecule has 0 heterocycles. The van der Waals surface area contributed by atoms with E-state index in [0.29, 0.717) is 5.25 Å². The molecule has 0 aliphatic rings. The molecule has 0 aliphatic carbocycles. The predicted octanol–water partition coefficient (Wildman–Crippen LogP) is 5.76. The lowest BCUT2D eigenvalue weighted by molar-refractivity contribution is 0.0795. The molecule has 0 amide bonds. The first kappa shape index (κ1) is 18.9. The highest BCUT2D eigenvalue weighted by Gasteiger charge is 2.33. The Kier molecular flexibility index (Phi) is 7.44. The van der Waals surface area contributed by atoms with Gasteiger partial charge in [-0.15, -0.1) is 0 Å². The Labute approximate surface area is 123 Å². The highest BCUT2D eigenvalue weighted by atomic mass is 32.9. The number of rotatable bonds is 6. The highest BCUT2D eigenvalue weighted by molar-refractivity contribution is 8.68. The molecule has 0 aromatic carbocycles. The first-order valence-electron chi connectivity index (χ1n) is 6.57.